The van der Waals surface area contributed by atoms with Crippen molar-refractivity contribution in [2.75, 3.05) is 19.5 Å². The molecule has 4 aromatic rings. The number of nitrogens with one attached hydrogen (secondary N) is 1. The highest BCUT2D eigenvalue weighted by atomic mass is 16.7. The van der Waals surface area contributed by atoms with Gasteiger partial charge in [-0.15, -0.1) is 0 Å². The van der Waals surface area contributed by atoms with Crippen molar-refractivity contribution in [1.82, 2.24) is 0 Å². The van der Waals surface area contributed by atoms with Gasteiger partial charge >= 0.3 is 0 Å². The predicted molar refractivity (Wildman–Crippen MR) is 136 cm³/mol. The number of carbonyl (C=O) groups is 2. The third-order valence-corrected chi connectivity index (χ3v) is 6.86. The van der Waals surface area contributed by atoms with E-state index in [0.29, 0.717) is 39.6 Å². The van der Waals surface area contributed by atoms with Crippen LogP contribution in [0.25, 0.3) is 10.8 Å². The molecule has 2 unspecified atom stereocenters. The largest absolute Gasteiger partial charge is 0.493 e. The predicted octanol–water partition coefficient (Wildman–Crippen LogP) is 4.94. The van der Waals surface area contributed by atoms with Crippen LogP contribution in [0.2, 0.25) is 0 Å². The minimum absolute atomic E-state index is 0.265. The van der Waals surface area contributed by atoms with Crippen LogP contribution < -0.4 is 14.8 Å². The number of fused-ring (bicyclic) bond motifs is 3. The lowest BCUT2D eigenvalue weighted by molar-refractivity contribution is -0.140. The number of oxime groups is 1. The molecule has 1 amide bonds. The first-order chi connectivity index (χ1) is 17.6. The summed E-state index contributed by atoms with van der Waals surface area (Å²) in [6, 6.07) is 25.8. The van der Waals surface area contributed by atoms with Gasteiger partial charge in [0, 0.05) is 22.4 Å². The van der Waals surface area contributed by atoms with Crippen LogP contribution in [0.3, 0.4) is 0 Å². The first-order valence-electron chi connectivity index (χ1n) is 11.5. The molecule has 1 spiro atoms. The zero-order valence-electron chi connectivity index (χ0n) is 19.6. The fourth-order valence-electron chi connectivity index (χ4n) is 5.08. The lowest BCUT2D eigenvalue weighted by atomic mass is 9.74. The minimum Gasteiger partial charge on any atom is -0.493 e. The third-order valence-electron chi connectivity index (χ3n) is 6.86. The Balaban J connectivity index is 1.53. The van der Waals surface area contributed by atoms with Crippen molar-refractivity contribution in [1.29, 1.82) is 0 Å². The van der Waals surface area contributed by atoms with E-state index in [-0.39, 0.29) is 5.78 Å². The van der Waals surface area contributed by atoms with Crippen molar-refractivity contribution in [3.05, 3.63) is 102 Å². The molecule has 0 saturated heterocycles. The summed E-state index contributed by atoms with van der Waals surface area (Å²) in [5.74, 6) is -0.704. The Morgan fingerprint density at radius 3 is 2.44 bits per heavy atom. The van der Waals surface area contributed by atoms with Crippen molar-refractivity contribution >= 4 is 33.9 Å². The Morgan fingerprint density at radius 2 is 1.64 bits per heavy atom. The van der Waals surface area contributed by atoms with Crippen molar-refractivity contribution in [3.8, 4) is 11.5 Å². The number of hydrogen-bond acceptors (Lipinski definition) is 6. The van der Waals surface area contributed by atoms with E-state index in [9.17, 15) is 9.59 Å². The first kappa shape index (κ1) is 21.9. The van der Waals surface area contributed by atoms with Gasteiger partial charge in [-0.2, -0.15) is 0 Å². The zero-order chi connectivity index (χ0) is 24.9. The topological polar surface area (TPSA) is 86.2 Å². The van der Waals surface area contributed by atoms with Crippen LogP contribution in [0, 0.1) is 5.92 Å². The number of amides is 1. The number of ether oxygens (including phenoxy) is 2. The number of rotatable bonds is 5. The molecule has 178 valence electrons. The number of anilines is 1. The van der Waals surface area contributed by atoms with Gasteiger partial charge in [0.1, 0.15) is 11.6 Å². The van der Waals surface area contributed by atoms with Crippen LogP contribution in [0.5, 0.6) is 11.5 Å². The summed E-state index contributed by atoms with van der Waals surface area (Å²) in [6.07, 6.45) is 0. The normalized spacial score (nSPS) is 20.0. The van der Waals surface area contributed by atoms with Gasteiger partial charge < -0.3 is 19.6 Å². The molecular weight excluding hydrogens is 456 g/mol. The van der Waals surface area contributed by atoms with Crippen molar-refractivity contribution in [2.24, 2.45) is 11.1 Å². The van der Waals surface area contributed by atoms with Crippen molar-refractivity contribution in [3.63, 3.8) is 0 Å². The Morgan fingerprint density at radius 1 is 0.889 bits per heavy atom. The van der Waals surface area contributed by atoms with E-state index >= 15 is 0 Å². The molecule has 0 aromatic heterocycles. The molecular formula is C29H22N2O5. The van der Waals surface area contributed by atoms with Gasteiger partial charge in [0.05, 0.1) is 14.2 Å². The van der Waals surface area contributed by atoms with Gasteiger partial charge in [0.15, 0.2) is 17.3 Å². The highest BCUT2D eigenvalue weighted by Gasteiger charge is 2.63. The fourth-order valence-corrected chi connectivity index (χ4v) is 5.08. The number of carbonyl (C=O) groups excluding carboxylic acids is 2. The lowest BCUT2D eigenvalue weighted by Gasteiger charge is -2.27. The summed E-state index contributed by atoms with van der Waals surface area (Å²) < 4.78 is 10.8. The summed E-state index contributed by atoms with van der Waals surface area (Å²) in [7, 11) is 3.09. The molecule has 2 aliphatic heterocycles. The summed E-state index contributed by atoms with van der Waals surface area (Å²) in [5, 5.41) is 9.17. The Bertz CT molecular complexity index is 1580. The van der Waals surface area contributed by atoms with E-state index < -0.39 is 17.4 Å². The highest BCUT2D eigenvalue weighted by Crippen LogP contribution is 2.50. The molecule has 0 bridgehead atoms. The van der Waals surface area contributed by atoms with Gasteiger partial charge in [-0.3, -0.25) is 9.59 Å². The van der Waals surface area contributed by atoms with Gasteiger partial charge in [0.2, 0.25) is 0 Å². The van der Waals surface area contributed by atoms with Crippen LogP contribution in [-0.2, 0) is 15.2 Å². The number of para-hydroxylation sites is 1. The molecule has 2 aliphatic rings. The van der Waals surface area contributed by atoms with Crippen LogP contribution >= 0.6 is 0 Å². The summed E-state index contributed by atoms with van der Waals surface area (Å²) in [6.45, 7) is 0. The number of ketones is 1. The minimum atomic E-state index is -1.62. The zero-order valence-corrected chi connectivity index (χ0v) is 19.6. The third kappa shape index (κ3) is 3.09. The monoisotopic (exact) mass is 478 g/mol. The maximum Gasteiger partial charge on any atom is 0.277 e. The second-order valence-corrected chi connectivity index (χ2v) is 8.73. The second kappa shape index (κ2) is 8.23. The second-order valence-electron chi connectivity index (χ2n) is 8.73. The Labute approximate surface area is 207 Å². The summed E-state index contributed by atoms with van der Waals surface area (Å²) >= 11 is 0. The average Bonchev–Trinajstić information content (AvgIpc) is 3.46. The standard InChI is InChI=1S/C29H22N2O5/c1-34-23-14-13-19(16-24(23)35-2)26-25(27(32)20-12-11-17-7-3-4-8-18(17)15-20)29(36-31-26)21-9-5-6-10-22(21)30-28(29)33/h3-16,25H,1-2H3,(H,30,33). The van der Waals surface area contributed by atoms with Crippen LogP contribution in [0.15, 0.2) is 90.1 Å². The number of hydrogen-bond donors (Lipinski definition) is 1. The Hall–Kier alpha value is -4.65. The summed E-state index contributed by atoms with van der Waals surface area (Å²) in [4.78, 5) is 33.7. The van der Waals surface area contributed by atoms with Crippen molar-refractivity contribution in [2.45, 2.75) is 5.60 Å². The molecule has 2 atom stereocenters. The van der Waals surface area contributed by atoms with E-state index in [1.807, 2.05) is 48.5 Å². The molecule has 1 N–H and O–H groups in total. The van der Waals surface area contributed by atoms with Gasteiger partial charge in [-0.05, 0) is 41.1 Å². The first-order valence-corrected chi connectivity index (χ1v) is 11.5. The Kier molecular flexibility index (Phi) is 5.00. The number of nitrogens with zero attached hydrogens (tertiary/aromatic N) is 1. The molecule has 4 aromatic carbocycles. The molecule has 36 heavy (non-hydrogen) atoms. The van der Waals surface area contributed by atoms with Gasteiger partial charge in [-0.25, -0.2) is 0 Å². The highest BCUT2D eigenvalue weighted by molar-refractivity contribution is 6.25. The molecule has 0 fully saturated rings. The van der Waals surface area contributed by atoms with E-state index in [4.69, 9.17) is 14.3 Å². The molecule has 2 heterocycles. The van der Waals surface area contributed by atoms with Gasteiger partial charge in [0.25, 0.3) is 11.5 Å². The molecule has 7 nitrogen and oxygen atoms in total. The quantitative estimate of drug-likeness (QED) is 0.411. The lowest BCUT2D eigenvalue weighted by Crippen LogP contribution is -2.46. The molecule has 0 radical (unpaired) electrons. The number of methoxy groups -OCH3 is 2. The molecule has 6 rings (SSSR count). The molecule has 0 saturated carbocycles. The van der Waals surface area contributed by atoms with Crippen LogP contribution in [0.4, 0.5) is 5.69 Å². The van der Waals surface area contributed by atoms with E-state index in [2.05, 4.69) is 10.5 Å². The maximum atomic E-state index is 14.3. The van der Waals surface area contributed by atoms with E-state index in [1.54, 1.807) is 43.5 Å². The smallest absolute Gasteiger partial charge is 0.277 e. The van der Waals surface area contributed by atoms with Crippen LogP contribution in [-0.4, -0.2) is 31.6 Å². The van der Waals surface area contributed by atoms with Gasteiger partial charge in [-0.1, -0.05) is 59.8 Å². The average molecular weight is 479 g/mol. The SMILES string of the molecule is COc1ccc(C2=NOC3(C(=O)Nc4ccccc43)C2C(=O)c2ccc3ccccc3c2)cc1OC. The number of benzene rings is 4. The molecule has 7 heteroatoms. The molecule has 0 aliphatic carbocycles. The number of Topliss-reactive ketones (excluding diaryl/α,β-unsaturated/α-hetero) is 1. The van der Waals surface area contributed by atoms with E-state index in [0.717, 1.165) is 10.8 Å². The summed E-state index contributed by atoms with van der Waals surface area (Å²) in [5.41, 5.74) is 0.966. The van der Waals surface area contributed by atoms with Crippen LogP contribution in [0.1, 0.15) is 21.5 Å². The maximum absolute atomic E-state index is 14.3. The fraction of sp³-hybridized carbons (Fsp3) is 0.138. The van der Waals surface area contributed by atoms with Crippen molar-refractivity contribution < 1.29 is 23.9 Å². The van der Waals surface area contributed by atoms with E-state index in [1.165, 1.54) is 7.11 Å².